The minimum absolute atomic E-state index is 0.0769. The Bertz CT molecular complexity index is 1220. The molecule has 13 aliphatic rings. The zero-order valence-electron chi connectivity index (χ0n) is 27.8. The Balaban J connectivity index is 0.000000127. The second-order valence-corrected chi connectivity index (χ2v) is 18.7. The van der Waals surface area contributed by atoms with Crippen LogP contribution in [0.5, 0.6) is 0 Å². The molecule has 8 nitrogen and oxygen atoms in total. The molecule has 0 aromatic carbocycles. The Morgan fingerprint density at radius 2 is 0.826 bits per heavy atom. The average Bonchev–Trinajstić information content (AvgIpc) is 3.24. The smallest absolute Gasteiger partial charge is 0.245 e. The van der Waals surface area contributed by atoms with Gasteiger partial charge in [-0.25, -0.2) is 0 Å². The maximum atomic E-state index is 13.4. The molecule has 4 saturated heterocycles. The SMILES string of the molecule is O=C(NC12CCC(CC1)NC2=O)C12CC3CC(CC(C3)C1)C2.O=C(NC12CCCC(CCC1)NC2=O)C12CC3CC(CC(C3)C1)C2. The monoisotopic (exact) mass is 632 g/mol. The molecule has 12 bridgehead atoms. The van der Waals surface area contributed by atoms with Crippen molar-refractivity contribution in [3.63, 3.8) is 0 Å². The van der Waals surface area contributed by atoms with Gasteiger partial charge in [0.1, 0.15) is 11.1 Å². The van der Waals surface area contributed by atoms with E-state index in [0.29, 0.717) is 12.1 Å². The Labute approximate surface area is 274 Å². The number of hydrogen-bond donors (Lipinski definition) is 4. The Hall–Kier alpha value is -2.12. The van der Waals surface area contributed by atoms with Crippen LogP contribution < -0.4 is 21.3 Å². The van der Waals surface area contributed by atoms with Crippen molar-refractivity contribution in [3.05, 3.63) is 0 Å². The van der Waals surface area contributed by atoms with Gasteiger partial charge in [-0.05, 0) is 177 Å². The van der Waals surface area contributed by atoms with Gasteiger partial charge in [0.2, 0.25) is 23.6 Å². The number of carbonyl (C=O) groups excluding carboxylic acids is 4. The molecule has 0 aromatic rings. The van der Waals surface area contributed by atoms with E-state index in [-0.39, 0.29) is 34.5 Å². The highest BCUT2D eigenvalue weighted by Crippen LogP contribution is 2.61. The number of piperidine rings is 2. The molecule has 252 valence electrons. The number of nitrogens with one attached hydrogen (secondary N) is 4. The van der Waals surface area contributed by atoms with Gasteiger partial charge in [-0.3, -0.25) is 19.2 Å². The second-order valence-electron chi connectivity index (χ2n) is 18.7. The summed E-state index contributed by atoms with van der Waals surface area (Å²) in [6.07, 6.45) is 24.1. The highest BCUT2D eigenvalue weighted by molar-refractivity contribution is 5.95. The first-order valence-electron chi connectivity index (χ1n) is 19.4. The summed E-state index contributed by atoms with van der Waals surface area (Å²) in [5.74, 6) is 5.21. The van der Waals surface area contributed by atoms with Crippen molar-refractivity contribution in [3.8, 4) is 0 Å². The van der Waals surface area contributed by atoms with Crippen molar-refractivity contribution in [2.45, 2.75) is 164 Å². The van der Waals surface area contributed by atoms with E-state index in [0.717, 1.165) is 138 Å². The minimum atomic E-state index is -0.619. The molecule has 4 aliphatic heterocycles. The average molecular weight is 633 g/mol. The maximum Gasteiger partial charge on any atom is 0.245 e. The van der Waals surface area contributed by atoms with Gasteiger partial charge in [-0.1, -0.05) is 0 Å². The van der Waals surface area contributed by atoms with E-state index in [1.807, 2.05) is 0 Å². The summed E-state index contributed by atoms with van der Waals surface area (Å²) >= 11 is 0. The van der Waals surface area contributed by atoms with Crippen LogP contribution in [-0.4, -0.2) is 46.8 Å². The Morgan fingerprint density at radius 3 is 1.20 bits per heavy atom. The van der Waals surface area contributed by atoms with Crippen LogP contribution >= 0.6 is 0 Å². The van der Waals surface area contributed by atoms with Crippen molar-refractivity contribution in [1.29, 1.82) is 0 Å². The zero-order chi connectivity index (χ0) is 31.3. The van der Waals surface area contributed by atoms with E-state index in [9.17, 15) is 19.2 Å². The lowest BCUT2D eigenvalue weighted by Gasteiger charge is -2.57. The third kappa shape index (κ3) is 4.87. The molecule has 9 saturated carbocycles. The molecule has 8 heteroatoms. The summed E-state index contributed by atoms with van der Waals surface area (Å²) in [6.45, 7) is 0. The fourth-order valence-corrected chi connectivity index (χ4v) is 13.9. The lowest BCUT2D eigenvalue weighted by molar-refractivity contribution is -0.153. The molecule has 13 fully saturated rings. The summed E-state index contributed by atoms with van der Waals surface area (Å²) in [4.78, 5) is 51.9. The number of amides is 4. The second kappa shape index (κ2) is 10.7. The molecule has 0 aromatic heterocycles. The van der Waals surface area contributed by atoms with Crippen LogP contribution in [0.4, 0.5) is 0 Å². The van der Waals surface area contributed by atoms with Crippen molar-refractivity contribution in [2.24, 2.45) is 46.3 Å². The molecule has 0 radical (unpaired) electrons. The first-order valence-corrected chi connectivity index (χ1v) is 19.4. The quantitative estimate of drug-likeness (QED) is 0.348. The van der Waals surface area contributed by atoms with Crippen LogP contribution in [0.25, 0.3) is 0 Å². The van der Waals surface area contributed by atoms with E-state index in [4.69, 9.17) is 0 Å². The van der Waals surface area contributed by atoms with Gasteiger partial charge in [0.25, 0.3) is 0 Å². The van der Waals surface area contributed by atoms with E-state index in [1.165, 1.54) is 38.5 Å². The normalized spacial score (nSPS) is 50.5. The first-order chi connectivity index (χ1) is 22.1. The van der Waals surface area contributed by atoms with Crippen LogP contribution in [-0.2, 0) is 19.2 Å². The van der Waals surface area contributed by atoms with Crippen LogP contribution in [0, 0.1) is 46.3 Å². The molecule has 4 N–H and O–H groups in total. The molecular weight excluding hydrogens is 576 g/mol. The van der Waals surface area contributed by atoms with E-state index in [2.05, 4.69) is 21.3 Å². The van der Waals surface area contributed by atoms with Crippen molar-refractivity contribution < 1.29 is 19.2 Å². The predicted molar refractivity (Wildman–Crippen MR) is 173 cm³/mol. The highest BCUT2D eigenvalue weighted by Gasteiger charge is 2.58. The zero-order valence-corrected chi connectivity index (χ0v) is 27.8. The summed E-state index contributed by atoms with van der Waals surface area (Å²) in [5, 5.41) is 12.9. The van der Waals surface area contributed by atoms with E-state index >= 15 is 0 Å². The molecule has 0 unspecified atom stereocenters. The van der Waals surface area contributed by atoms with Gasteiger partial charge in [0.15, 0.2) is 0 Å². The molecule has 13 rings (SSSR count). The number of carbonyl (C=O) groups is 4. The Kier molecular flexibility index (Phi) is 6.97. The van der Waals surface area contributed by atoms with Crippen LogP contribution in [0.3, 0.4) is 0 Å². The summed E-state index contributed by atoms with van der Waals surface area (Å²) in [6, 6.07) is 0.684. The van der Waals surface area contributed by atoms with Gasteiger partial charge in [-0.15, -0.1) is 0 Å². The highest BCUT2D eigenvalue weighted by atomic mass is 16.2. The topological polar surface area (TPSA) is 116 Å². The van der Waals surface area contributed by atoms with Crippen molar-refractivity contribution >= 4 is 23.6 Å². The number of hydrogen-bond acceptors (Lipinski definition) is 4. The molecule has 4 amide bonds. The third-order valence-corrected chi connectivity index (χ3v) is 15.4. The summed E-state index contributed by atoms with van der Waals surface area (Å²) < 4.78 is 0. The fraction of sp³-hybridized carbons (Fsp3) is 0.895. The van der Waals surface area contributed by atoms with E-state index < -0.39 is 11.1 Å². The summed E-state index contributed by atoms with van der Waals surface area (Å²) in [5.41, 5.74) is -1.50. The van der Waals surface area contributed by atoms with Gasteiger partial charge in [-0.2, -0.15) is 0 Å². The van der Waals surface area contributed by atoms with Crippen LogP contribution in [0.2, 0.25) is 0 Å². The van der Waals surface area contributed by atoms with Crippen molar-refractivity contribution in [1.82, 2.24) is 21.3 Å². The van der Waals surface area contributed by atoms with Crippen molar-refractivity contribution in [2.75, 3.05) is 0 Å². The fourth-order valence-electron chi connectivity index (χ4n) is 13.9. The van der Waals surface area contributed by atoms with Gasteiger partial charge in [0, 0.05) is 22.9 Å². The third-order valence-electron chi connectivity index (χ3n) is 15.4. The lowest BCUT2D eigenvalue weighted by Crippen LogP contribution is -2.69. The Morgan fingerprint density at radius 1 is 0.500 bits per heavy atom. The molecule has 0 atom stereocenters. The predicted octanol–water partition coefficient (Wildman–Crippen LogP) is 5.04. The molecular formula is C38H56N4O4. The van der Waals surface area contributed by atoms with Gasteiger partial charge in [0.05, 0.1) is 0 Å². The van der Waals surface area contributed by atoms with E-state index in [1.54, 1.807) is 0 Å². The molecule has 46 heavy (non-hydrogen) atoms. The van der Waals surface area contributed by atoms with Gasteiger partial charge < -0.3 is 21.3 Å². The number of fused-ring (bicyclic) bond motifs is 6. The molecule has 0 spiro atoms. The lowest BCUT2D eigenvalue weighted by atomic mass is 9.49. The largest absolute Gasteiger partial charge is 0.351 e. The standard InChI is InChI=1S/C20H30N2O2.C18H26N2O2/c23-17(19-10-13-7-14(11-19)9-15(8-13)12-19)22-20-5-1-3-16(4-2-6-20)21-18(20)24;21-15(20-18-3-1-14(2-4-18)19-16(18)22)17-8-11-5-12(9-17)7-13(6-11)10-17/h13-16H,1-12H2,(H,21,24)(H,22,23);11-14H,1-10H2,(H,19,22)(H,20,21). The first kappa shape index (κ1) is 30.0. The maximum absolute atomic E-state index is 13.4. The summed E-state index contributed by atoms with van der Waals surface area (Å²) in [7, 11) is 0. The van der Waals surface area contributed by atoms with Crippen LogP contribution in [0.15, 0.2) is 0 Å². The van der Waals surface area contributed by atoms with Crippen LogP contribution in [0.1, 0.15) is 141 Å². The van der Waals surface area contributed by atoms with Gasteiger partial charge >= 0.3 is 0 Å². The molecule has 9 aliphatic carbocycles. The minimum Gasteiger partial charge on any atom is -0.351 e. The molecule has 4 heterocycles. The number of rotatable bonds is 4.